The van der Waals surface area contributed by atoms with E-state index in [0.717, 1.165) is 54.3 Å². The molecule has 5 rings (SSSR count). The van der Waals surface area contributed by atoms with Crippen molar-refractivity contribution in [3.63, 3.8) is 0 Å². The van der Waals surface area contributed by atoms with Crippen molar-refractivity contribution in [2.45, 2.75) is 31.7 Å². The molecule has 2 fully saturated rings. The Balaban J connectivity index is 1.48. The Kier molecular flexibility index (Phi) is 4.27. The molecule has 2 atom stereocenters. The fourth-order valence-corrected chi connectivity index (χ4v) is 5.06. The minimum atomic E-state index is 0.214. The van der Waals surface area contributed by atoms with E-state index in [9.17, 15) is 0 Å². The van der Waals surface area contributed by atoms with Crippen LogP contribution in [-0.2, 0) is 11.8 Å². The summed E-state index contributed by atoms with van der Waals surface area (Å²) in [5, 5.41) is 10.8. The lowest BCUT2D eigenvalue weighted by atomic mass is 9.79. The summed E-state index contributed by atoms with van der Waals surface area (Å²) >= 11 is 6.74. The second kappa shape index (κ2) is 6.58. The van der Waals surface area contributed by atoms with E-state index in [2.05, 4.69) is 41.1 Å². The van der Waals surface area contributed by atoms with Gasteiger partial charge in [0.25, 0.3) is 0 Å². The van der Waals surface area contributed by atoms with Crippen molar-refractivity contribution in [2.75, 3.05) is 26.3 Å². The maximum Gasteiger partial charge on any atom is 0.103 e. The van der Waals surface area contributed by atoms with Gasteiger partial charge in [-0.25, -0.2) is 4.68 Å². The summed E-state index contributed by atoms with van der Waals surface area (Å²) in [6.45, 7) is 8.53. The summed E-state index contributed by atoms with van der Waals surface area (Å²) in [5.41, 5.74) is 3.50. The van der Waals surface area contributed by atoms with Gasteiger partial charge in [-0.05, 0) is 49.4 Å². The van der Waals surface area contributed by atoms with E-state index in [1.165, 1.54) is 5.56 Å². The topological polar surface area (TPSA) is 48.1 Å². The van der Waals surface area contributed by atoms with Gasteiger partial charge in [0.1, 0.15) is 5.69 Å². The number of nitrogens with zero attached hydrogens (tertiary/aromatic N) is 5. The zero-order valence-corrected chi connectivity index (χ0v) is 17.4. The Labute approximate surface area is 170 Å². The largest absolute Gasteiger partial charge is 0.377 e. The minimum absolute atomic E-state index is 0.214. The normalized spacial score (nSPS) is 25.1. The molecule has 0 amide bonds. The van der Waals surface area contributed by atoms with Gasteiger partial charge in [-0.3, -0.25) is 9.58 Å². The summed E-state index contributed by atoms with van der Waals surface area (Å²) in [6.07, 6.45) is 6.80. The van der Waals surface area contributed by atoms with Crippen LogP contribution in [0.25, 0.3) is 16.6 Å². The lowest BCUT2D eigenvalue weighted by Crippen LogP contribution is -2.62. The smallest absolute Gasteiger partial charge is 0.103 e. The van der Waals surface area contributed by atoms with E-state index in [4.69, 9.17) is 16.3 Å². The lowest BCUT2D eigenvalue weighted by molar-refractivity contribution is -0.141. The van der Waals surface area contributed by atoms with Crippen LogP contribution >= 0.6 is 11.6 Å². The molecule has 4 heterocycles. The molecule has 7 heteroatoms. The predicted molar refractivity (Wildman–Crippen MR) is 110 cm³/mol. The number of benzene rings is 1. The van der Waals surface area contributed by atoms with E-state index in [-0.39, 0.29) is 5.54 Å². The average Bonchev–Trinajstić information content (AvgIpc) is 3.24. The van der Waals surface area contributed by atoms with Gasteiger partial charge in [0.15, 0.2) is 0 Å². The van der Waals surface area contributed by atoms with Gasteiger partial charge in [0.2, 0.25) is 0 Å². The second-order valence-corrected chi connectivity index (χ2v) is 9.08. The van der Waals surface area contributed by atoms with E-state index in [1.54, 1.807) is 4.68 Å². The second-order valence-electron chi connectivity index (χ2n) is 8.67. The highest BCUT2D eigenvalue weighted by Gasteiger charge is 2.43. The summed E-state index contributed by atoms with van der Waals surface area (Å²) < 4.78 is 9.22. The van der Waals surface area contributed by atoms with Gasteiger partial charge < -0.3 is 4.74 Å². The molecule has 2 aliphatic heterocycles. The molecule has 2 aliphatic rings. The highest BCUT2D eigenvalue weighted by molar-refractivity contribution is 6.32. The molecule has 3 aromatic rings. The molecule has 6 nitrogen and oxygen atoms in total. The van der Waals surface area contributed by atoms with Gasteiger partial charge in [-0.15, -0.1) is 0 Å². The highest BCUT2D eigenvalue weighted by Crippen LogP contribution is 2.41. The van der Waals surface area contributed by atoms with E-state index < -0.39 is 0 Å². The van der Waals surface area contributed by atoms with Crippen LogP contribution < -0.4 is 0 Å². The molecule has 2 aromatic heterocycles. The van der Waals surface area contributed by atoms with Crippen LogP contribution in [0.4, 0.5) is 0 Å². The number of rotatable bonds is 3. The molecule has 2 saturated heterocycles. The van der Waals surface area contributed by atoms with Crippen molar-refractivity contribution in [1.29, 1.82) is 0 Å². The quantitative estimate of drug-likeness (QED) is 0.674. The summed E-state index contributed by atoms with van der Waals surface area (Å²) in [5.74, 6) is 0.992. The summed E-state index contributed by atoms with van der Waals surface area (Å²) in [6, 6.07) is 4.30. The Bertz CT molecular complexity index is 1020. The maximum absolute atomic E-state index is 6.74. The molecule has 0 aliphatic carbocycles. The maximum atomic E-state index is 6.74. The van der Waals surface area contributed by atoms with Gasteiger partial charge in [-0.1, -0.05) is 18.5 Å². The number of fused-ring (bicyclic) bond motifs is 1. The number of aromatic nitrogens is 4. The first kappa shape index (κ1) is 18.2. The van der Waals surface area contributed by atoms with Crippen molar-refractivity contribution in [1.82, 2.24) is 24.5 Å². The predicted octanol–water partition coefficient (Wildman–Crippen LogP) is 3.63. The van der Waals surface area contributed by atoms with Crippen LogP contribution in [0.3, 0.4) is 0 Å². The SMILES string of the molecule is C[C@H]1CN(C2(C)COC2)CCC1c1cc2c(cnn2-c2cnn(C)c2)cc1Cl. The summed E-state index contributed by atoms with van der Waals surface area (Å²) in [7, 11) is 1.92. The fraction of sp³-hybridized carbons (Fsp3) is 0.524. The number of halogens is 1. The van der Waals surface area contributed by atoms with Crippen molar-refractivity contribution < 1.29 is 4.74 Å². The van der Waals surface area contributed by atoms with Crippen LogP contribution in [0.1, 0.15) is 31.7 Å². The average molecular weight is 400 g/mol. The number of piperidine rings is 1. The third-order valence-electron chi connectivity index (χ3n) is 6.52. The first-order chi connectivity index (χ1) is 13.4. The number of likely N-dealkylation sites (tertiary alicyclic amines) is 1. The van der Waals surface area contributed by atoms with E-state index in [0.29, 0.717) is 11.8 Å². The van der Waals surface area contributed by atoms with Gasteiger partial charge in [-0.2, -0.15) is 10.2 Å². The molecule has 0 spiro atoms. The van der Waals surface area contributed by atoms with Crippen molar-refractivity contribution in [3.8, 4) is 5.69 Å². The van der Waals surface area contributed by atoms with Gasteiger partial charge in [0.05, 0.1) is 42.9 Å². The van der Waals surface area contributed by atoms with Crippen LogP contribution in [-0.4, -0.2) is 56.3 Å². The standard InChI is InChI=1S/C21H26ClN5O/c1-14-10-26(21(2)12-28-13-21)5-4-17(14)18-7-20-15(6-19(18)22)8-24-27(20)16-9-23-25(3)11-16/h6-9,11,14,17H,4-5,10,12-13H2,1-3H3/t14-,17?/m0/s1. The molecular weight excluding hydrogens is 374 g/mol. The summed E-state index contributed by atoms with van der Waals surface area (Å²) in [4.78, 5) is 2.60. The molecule has 148 valence electrons. The zero-order valence-electron chi connectivity index (χ0n) is 16.6. The molecule has 28 heavy (non-hydrogen) atoms. The number of hydrogen-bond acceptors (Lipinski definition) is 4. The first-order valence-electron chi connectivity index (χ1n) is 9.94. The van der Waals surface area contributed by atoms with Crippen LogP contribution in [0.2, 0.25) is 5.02 Å². The molecule has 0 saturated carbocycles. The first-order valence-corrected chi connectivity index (χ1v) is 10.3. The molecule has 1 unspecified atom stereocenters. The minimum Gasteiger partial charge on any atom is -0.377 e. The monoisotopic (exact) mass is 399 g/mol. The Morgan fingerprint density at radius 3 is 2.68 bits per heavy atom. The van der Waals surface area contributed by atoms with Crippen LogP contribution in [0.5, 0.6) is 0 Å². The number of aryl methyl sites for hydroxylation is 1. The van der Waals surface area contributed by atoms with E-state index >= 15 is 0 Å². The van der Waals surface area contributed by atoms with Crippen LogP contribution in [0.15, 0.2) is 30.7 Å². The third-order valence-corrected chi connectivity index (χ3v) is 6.84. The molecule has 0 radical (unpaired) electrons. The Morgan fingerprint density at radius 1 is 1.21 bits per heavy atom. The fourth-order valence-electron chi connectivity index (χ4n) is 4.75. The Hall–Kier alpha value is -1.89. The molecular formula is C21H26ClN5O. The van der Waals surface area contributed by atoms with Gasteiger partial charge >= 0.3 is 0 Å². The Morgan fingerprint density at radius 2 is 2.04 bits per heavy atom. The van der Waals surface area contributed by atoms with Crippen molar-refractivity contribution in [3.05, 3.63) is 41.3 Å². The highest BCUT2D eigenvalue weighted by atomic mass is 35.5. The van der Waals surface area contributed by atoms with Gasteiger partial charge in [0, 0.05) is 24.0 Å². The third kappa shape index (κ3) is 2.86. The van der Waals surface area contributed by atoms with E-state index in [1.807, 2.05) is 30.3 Å². The molecule has 1 aromatic carbocycles. The van der Waals surface area contributed by atoms with Crippen molar-refractivity contribution in [2.24, 2.45) is 13.0 Å². The number of ether oxygens (including phenoxy) is 1. The van der Waals surface area contributed by atoms with Crippen LogP contribution in [0, 0.1) is 5.92 Å². The molecule has 0 bridgehead atoms. The zero-order chi connectivity index (χ0) is 19.5. The molecule has 0 N–H and O–H groups in total. The lowest BCUT2D eigenvalue weighted by Gasteiger charge is -2.51. The van der Waals surface area contributed by atoms with Crippen molar-refractivity contribution >= 4 is 22.5 Å². The number of hydrogen-bond donors (Lipinski definition) is 0.